The van der Waals surface area contributed by atoms with Crippen molar-refractivity contribution in [3.05, 3.63) is 59.2 Å². The molecule has 38 heavy (non-hydrogen) atoms. The van der Waals surface area contributed by atoms with Gasteiger partial charge in [-0.1, -0.05) is 55.2 Å². The second kappa shape index (κ2) is 12.6. The highest BCUT2D eigenvalue weighted by atomic mass is 28.3. The van der Waals surface area contributed by atoms with Gasteiger partial charge in [0.2, 0.25) is 0 Å². The molecule has 0 saturated heterocycles. The van der Waals surface area contributed by atoms with Crippen LogP contribution in [0.1, 0.15) is 58.2 Å². The van der Waals surface area contributed by atoms with E-state index in [0.717, 1.165) is 11.1 Å². The lowest BCUT2D eigenvalue weighted by Gasteiger charge is -2.27. The highest BCUT2D eigenvalue weighted by Crippen LogP contribution is 2.24. The Morgan fingerprint density at radius 2 is 1.39 bits per heavy atom. The Kier molecular flexibility index (Phi) is 10.3. The van der Waals surface area contributed by atoms with Crippen molar-refractivity contribution < 1.29 is 23.8 Å². The number of nitriles is 1. The van der Waals surface area contributed by atoms with Gasteiger partial charge in [0.05, 0.1) is 32.8 Å². The number of nitrogens with zero attached hydrogens (tertiary/aromatic N) is 2. The molecule has 0 heterocycles. The fourth-order valence-corrected chi connectivity index (χ4v) is 4.84. The van der Waals surface area contributed by atoms with Gasteiger partial charge in [-0.25, -0.2) is 0 Å². The minimum Gasteiger partial charge on any atom is -0.489 e. The van der Waals surface area contributed by atoms with Crippen LogP contribution < -0.4 is 9.92 Å². The second-order valence-corrected chi connectivity index (χ2v) is 17.6. The third-order valence-corrected chi connectivity index (χ3v) is 7.42. The number of esters is 2. The number of carbonyl (C=O) groups is 2. The van der Waals surface area contributed by atoms with Crippen molar-refractivity contribution in [1.82, 2.24) is 4.90 Å². The Bertz CT molecular complexity index is 1120. The van der Waals surface area contributed by atoms with Crippen molar-refractivity contribution in [3.63, 3.8) is 0 Å². The van der Waals surface area contributed by atoms with Gasteiger partial charge in [0.15, 0.2) is 0 Å². The highest BCUT2D eigenvalue weighted by molar-refractivity contribution is 6.88. The van der Waals surface area contributed by atoms with Gasteiger partial charge in [-0.15, -0.1) is 0 Å². The zero-order valence-corrected chi connectivity index (χ0v) is 25.3. The normalized spacial score (nSPS) is 12.1. The SMILES string of the molecule is CC(C)(C)OC(=O)CN(CC(=O)OC(C)(C)C)Cc1ccc(C#N)cc1OCc1ccc([Si](C)(C)C)cc1. The molecule has 0 spiro atoms. The number of hydrogen-bond donors (Lipinski definition) is 0. The van der Waals surface area contributed by atoms with Crippen LogP contribution in [0.4, 0.5) is 0 Å². The summed E-state index contributed by atoms with van der Waals surface area (Å²) in [6.45, 7) is 18.0. The van der Waals surface area contributed by atoms with Gasteiger partial charge >= 0.3 is 11.9 Å². The summed E-state index contributed by atoms with van der Waals surface area (Å²) in [4.78, 5) is 26.9. The Morgan fingerprint density at radius 1 is 0.868 bits per heavy atom. The third kappa shape index (κ3) is 11.1. The zero-order chi connectivity index (χ0) is 28.7. The second-order valence-electron chi connectivity index (χ2n) is 12.5. The first-order valence-electron chi connectivity index (χ1n) is 12.9. The van der Waals surface area contributed by atoms with Crippen LogP contribution in [0.15, 0.2) is 42.5 Å². The summed E-state index contributed by atoms with van der Waals surface area (Å²) in [6, 6.07) is 15.8. The molecule has 0 unspecified atom stereocenters. The van der Waals surface area contributed by atoms with E-state index in [-0.39, 0.29) is 19.6 Å². The summed E-state index contributed by atoms with van der Waals surface area (Å²) in [7, 11) is -1.40. The van der Waals surface area contributed by atoms with Crippen molar-refractivity contribution in [1.29, 1.82) is 5.26 Å². The molecule has 0 aromatic heterocycles. The minimum absolute atomic E-state index is 0.103. The smallest absolute Gasteiger partial charge is 0.320 e. The lowest BCUT2D eigenvalue weighted by Crippen LogP contribution is -2.39. The number of hydrogen-bond acceptors (Lipinski definition) is 7. The molecule has 0 N–H and O–H groups in total. The fraction of sp³-hybridized carbons (Fsp3) is 0.500. The van der Waals surface area contributed by atoms with Crippen LogP contribution in [0, 0.1) is 11.3 Å². The van der Waals surface area contributed by atoms with E-state index >= 15 is 0 Å². The molecule has 2 rings (SSSR count). The van der Waals surface area contributed by atoms with E-state index in [4.69, 9.17) is 14.2 Å². The van der Waals surface area contributed by atoms with E-state index in [2.05, 4.69) is 50.0 Å². The van der Waals surface area contributed by atoms with E-state index < -0.39 is 31.2 Å². The molecule has 0 aliphatic rings. The lowest BCUT2D eigenvalue weighted by atomic mass is 10.1. The maximum atomic E-state index is 12.6. The van der Waals surface area contributed by atoms with Gasteiger partial charge in [0, 0.05) is 12.1 Å². The molecule has 0 amide bonds. The first-order chi connectivity index (χ1) is 17.4. The van der Waals surface area contributed by atoms with Gasteiger partial charge in [0.25, 0.3) is 0 Å². The average molecular weight is 539 g/mol. The third-order valence-electron chi connectivity index (χ3n) is 5.35. The minimum atomic E-state index is -1.40. The summed E-state index contributed by atoms with van der Waals surface area (Å²) in [5.74, 6) is -0.365. The van der Waals surface area contributed by atoms with Gasteiger partial charge in [-0.3, -0.25) is 14.5 Å². The maximum absolute atomic E-state index is 12.6. The molecule has 0 aliphatic carbocycles. The largest absolute Gasteiger partial charge is 0.489 e. The van der Waals surface area contributed by atoms with Crippen LogP contribution in [0.3, 0.4) is 0 Å². The number of benzene rings is 2. The molecule has 0 atom stereocenters. The quantitative estimate of drug-likeness (QED) is 0.305. The predicted molar refractivity (Wildman–Crippen MR) is 152 cm³/mol. The molecule has 0 saturated carbocycles. The first kappa shape index (κ1) is 31.1. The van der Waals surface area contributed by atoms with E-state index in [9.17, 15) is 14.9 Å². The topological polar surface area (TPSA) is 88.9 Å². The molecule has 0 bridgehead atoms. The monoisotopic (exact) mass is 538 g/mol. The van der Waals surface area contributed by atoms with E-state index in [0.29, 0.717) is 17.9 Å². The maximum Gasteiger partial charge on any atom is 0.320 e. The van der Waals surface area contributed by atoms with Crippen LogP contribution >= 0.6 is 0 Å². The van der Waals surface area contributed by atoms with Gasteiger partial charge in [0.1, 0.15) is 23.6 Å². The van der Waals surface area contributed by atoms with Crippen molar-refractivity contribution >= 4 is 25.2 Å². The van der Waals surface area contributed by atoms with E-state index in [1.165, 1.54) is 5.19 Å². The van der Waals surface area contributed by atoms with Gasteiger partial charge in [-0.05, 0) is 59.2 Å². The number of carbonyl (C=O) groups excluding carboxylic acids is 2. The van der Waals surface area contributed by atoms with E-state index in [1.807, 2.05) is 0 Å². The Hall–Kier alpha value is -3.15. The predicted octanol–water partition coefficient (Wildman–Crippen LogP) is 5.17. The van der Waals surface area contributed by atoms with Crippen LogP contribution in [0.5, 0.6) is 5.75 Å². The van der Waals surface area contributed by atoms with Crippen molar-refractivity contribution in [2.24, 2.45) is 0 Å². The highest BCUT2D eigenvalue weighted by Gasteiger charge is 2.24. The van der Waals surface area contributed by atoms with Crippen molar-refractivity contribution in [2.75, 3.05) is 13.1 Å². The summed E-state index contributed by atoms with van der Waals surface area (Å²) in [6.07, 6.45) is 0. The molecule has 0 aliphatic heterocycles. The Balaban J connectivity index is 2.27. The molecule has 0 fully saturated rings. The van der Waals surface area contributed by atoms with Gasteiger partial charge < -0.3 is 14.2 Å². The summed E-state index contributed by atoms with van der Waals surface area (Å²) >= 11 is 0. The van der Waals surface area contributed by atoms with Gasteiger partial charge in [-0.2, -0.15) is 5.26 Å². The summed E-state index contributed by atoms with van der Waals surface area (Å²) < 4.78 is 17.1. The molecule has 7 nitrogen and oxygen atoms in total. The van der Waals surface area contributed by atoms with Crippen LogP contribution in [-0.4, -0.2) is 49.2 Å². The average Bonchev–Trinajstić information content (AvgIpc) is 2.75. The molecule has 8 heteroatoms. The molecular formula is C30H42N2O5Si. The van der Waals surface area contributed by atoms with Crippen molar-refractivity contribution in [2.45, 2.75) is 85.5 Å². The molecule has 0 radical (unpaired) electrons. The molecular weight excluding hydrogens is 496 g/mol. The number of ether oxygens (including phenoxy) is 3. The van der Waals surface area contributed by atoms with Crippen LogP contribution in [0.2, 0.25) is 19.6 Å². The van der Waals surface area contributed by atoms with Crippen LogP contribution in [-0.2, 0) is 32.2 Å². The Labute approximate surface area is 228 Å². The van der Waals surface area contributed by atoms with Crippen molar-refractivity contribution in [3.8, 4) is 11.8 Å². The summed E-state index contributed by atoms with van der Waals surface area (Å²) in [5, 5.41) is 10.8. The zero-order valence-electron chi connectivity index (χ0n) is 24.3. The number of rotatable bonds is 10. The molecule has 2 aromatic carbocycles. The first-order valence-corrected chi connectivity index (χ1v) is 16.4. The standard InChI is InChI=1S/C30H42N2O5Si/c1-29(2,3)36-27(33)19-32(20-28(34)37-30(4,5)6)18-24-13-10-23(17-31)16-26(24)35-21-22-11-14-25(15-12-22)38(7,8)9/h10-16H,18-21H2,1-9H3. The van der Waals surface area contributed by atoms with Crippen LogP contribution in [0.25, 0.3) is 0 Å². The lowest BCUT2D eigenvalue weighted by molar-refractivity contribution is -0.160. The summed E-state index contributed by atoms with van der Waals surface area (Å²) in [5.41, 5.74) is 0.920. The van der Waals surface area contributed by atoms with E-state index in [1.54, 1.807) is 64.6 Å². The Morgan fingerprint density at radius 3 is 1.84 bits per heavy atom. The molecule has 206 valence electrons. The molecule has 2 aromatic rings. The fourth-order valence-electron chi connectivity index (χ4n) is 3.67.